The van der Waals surface area contributed by atoms with Gasteiger partial charge in [-0.15, -0.1) is 0 Å². The molecular formula is C14H16O5. The molecule has 0 aromatic carbocycles. The number of carbonyl (C=O) groups is 2. The molecule has 5 nitrogen and oxygen atoms in total. The fourth-order valence-electron chi connectivity index (χ4n) is 2.41. The van der Waals surface area contributed by atoms with E-state index < -0.39 is 34.6 Å². The average Bonchev–Trinajstić information content (AvgIpc) is 3.12. The molecule has 102 valence electrons. The quantitative estimate of drug-likeness (QED) is 0.451. The molecule has 0 aromatic heterocycles. The van der Waals surface area contributed by atoms with Crippen molar-refractivity contribution in [1.82, 2.24) is 0 Å². The number of fused-ring (bicyclic) bond motifs is 1. The minimum absolute atomic E-state index is 0.0356. The number of hydrogen-bond donors (Lipinski definition) is 2. The molecule has 0 saturated carbocycles. The third kappa shape index (κ3) is 1.69. The molecule has 1 aliphatic carbocycles. The molecular weight excluding hydrogens is 248 g/mol. The fourth-order valence-corrected chi connectivity index (χ4v) is 2.41. The number of rotatable bonds is 3. The Balaban J connectivity index is 2.42. The Bertz CT molecular complexity index is 538. The van der Waals surface area contributed by atoms with Gasteiger partial charge in [0.2, 0.25) is 5.60 Å². The maximum Gasteiger partial charge on any atom is 0.217 e. The number of allylic oxidation sites excluding steroid dienone is 3. The monoisotopic (exact) mass is 264 g/mol. The van der Waals surface area contributed by atoms with Crippen LogP contribution in [0, 0.1) is 0 Å². The number of epoxide rings is 1. The lowest BCUT2D eigenvalue weighted by molar-refractivity contribution is -0.134. The predicted octanol–water partition coefficient (Wildman–Crippen LogP) is 0.991. The van der Waals surface area contributed by atoms with Crippen molar-refractivity contribution in [3.05, 3.63) is 35.6 Å². The summed E-state index contributed by atoms with van der Waals surface area (Å²) in [6.07, 6.45) is 5.15. The van der Waals surface area contributed by atoms with Gasteiger partial charge in [0.1, 0.15) is 11.9 Å². The van der Waals surface area contributed by atoms with Crippen molar-refractivity contribution in [2.45, 2.75) is 38.1 Å². The molecule has 19 heavy (non-hydrogen) atoms. The third-order valence-electron chi connectivity index (χ3n) is 3.55. The number of ether oxygens (including phenoxy) is 1. The van der Waals surface area contributed by atoms with E-state index in [9.17, 15) is 19.8 Å². The van der Waals surface area contributed by atoms with Crippen LogP contribution < -0.4 is 0 Å². The summed E-state index contributed by atoms with van der Waals surface area (Å²) in [5.74, 6) is -1.50. The Hall–Kier alpha value is -1.72. The van der Waals surface area contributed by atoms with Crippen molar-refractivity contribution in [1.29, 1.82) is 0 Å². The number of aliphatic hydroxyl groups excluding tert-OH is 1. The van der Waals surface area contributed by atoms with Crippen molar-refractivity contribution < 1.29 is 24.5 Å². The van der Waals surface area contributed by atoms with E-state index in [1.165, 1.54) is 26.0 Å². The van der Waals surface area contributed by atoms with Gasteiger partial charge in [-0.3, -0.25) is 9.59 Å². The molecule has 2 rings (SSSR count). The molecule has 5 heteroatoms. The van der Waals surface area contributed by atoms with E-state index in [2.05, 4.69) is 0 Å². The van der Waals surface area contributed by atoms with Crippen LogP contribution in [0.2, 0.25) is 0 Å². The third-order valence-corrected chi connectivity index (χ3v) is 3.55. The van der Waals surface area contributed by atoms with Crippen molar-refractivity contribution in [3.63, 3.8) is 0 Å². The summed E-state index contributed by atoms with van der Waals surface area (Å²) in [6, 6.07) is 0. The zero-order valence-electron chi connectivity index (χ0n) is 11.0. The second-order valence-electron chi connectivity index (χ2n) is 4.93. The molecule has 0 radical (unpaired) electrons. The molecule has 2 N–H and O–H groups in total. The lowest BCUT2D eigenvalue weighted by Crippen LogP contribution is -2.51. The van der Waals surface area contributed by atoms with E-state index in [4.69, 9.17) is 4.74 Å². The molecule has 3 atom stereocenters. The van der Waals surface area contributed by atoms with Gasteiger partial charge in [-0.25, -0.2) is 0 Å². The van der Waals surface area contributed by atoms with E-state index in [0.29, 0.717) is 0 Å². The molecule has 2 aliphatic rings. The van der Waals surface area contributed by atoms with Crippen molar-refractivity contribution in [3.8, 4) is 0 Å². The summed E-state index contributed by atoms with van der Waals surface area (Å²) in [5, 5.41) is 20.1. The van der Waals surface area contributed by atoms with Crippen LogP contribution in [0.4, 0.5) is 0 Å². The SMILES string of the molecule is C/C=C/C=C/C(=O)[C@@]12O[C@@H]1[C@](C)(O)C(=O)C(C)=C2O. The Kier molecular flexibility index (Phi) is 2.99. The van der Waals surface area contributed by atoms with Crippen LogP contribution in [0.5, 0.6) is 0 Å². The Morgan fingerprint density at radius 3 is 2.63 bits per heavy atom. The van der Waals surface area contributed by atoms with Crippen molar-refractivity contribution >= 4 is 11.6 Å². The van der Waals surface area contributed by atoms with Gasteiger partial charge >= 0.3 is 0 Å². The second-order valence-corrected chi connectivity index (χ2v) is 4.93. The van der Waals surface area contributed by atoms with Gasteiger partial charge in [-0.1, -0.05) is 18.2 Å². The van der Waals surface area contributed by atoms with Crippen LogP contribution in [0.1, 0.15) is 20.8 Å². The fraction of sp³-hybridized carbons (Fsp3) is 0.429. The second kappa shape index (κ2) is 4.15. The Morgan fingerprint density at radius 1 is 1.42 bits per heavy atom. The minimum Gasteiger partial charge on any atom is -0.508 e. The first-order chi connectivity index (χ1) is 8.80. The van der Waals surface area contributed by atoms with Gasteiger partial charge in [-0.05, 0) is 26.8 Å². The summed E-state index contributed by atoms with van der Waals surface area (Å²) in [5.41, 5.74) is -3.42. The average molecular weight is 264 g/mol. The van der Waals surface area contributed by atoms with Gasteiger partial charge in [0.05, 0.1) is 0 Å². The highest BCUT2D eigenvalue weighted by Crippen LogP contribution is 2.53. The van der Waals surface area contributed by atoms with Gasteiger partial charge < -0.3 is 14.9 Å². The van der Waals surface area contributed by atoms with Crippen LogP contribution in [-0.2, 0) is 14.3 Å². The smallest absolute Gasteiger partial charge is 0.217 e. The standard InChI is InChI=1S/C14H16O5/c1-4-5-6-7-9(15)14-11(17)8(2)10(16)13(3,18)12(14)19-14/h4-7,12,17-18H,1-3H3/b5-4+,7-6+/t12-,13-,14+/m1/s1. The van der Waals surface area contributed by atoms with E-state index in [0.717, 1.165) is 0 Å². The first kappa shape index (κ1) is 13.7. The Morgan fingerprint density at radius 2 is 2.05 bits per heavy atom. The van der Waals surface area contributed by atoms with Crippen LogP contribution in [-0.4, -0.2) is 39.1 Å². The molecule has 0 spiro atoms. The minimum atomic E-state index is -1.79. The Labute approximate surface area is 110 Å². The molecule has 0 bridgehead atoms. The maximum absolute atomic E-state index is 12.1. The highest BCUT2D eigenvalue weighted by Gasteiger charge is 2.75. The molecule has 1 aliphatic heterocycles. The van der Waals surface area contributed by atoms with Crippen molar-refractivity contribution in [2.24, 2.45) is 0 Å². The summed E-state index contributed by atoms with van der Waals surface area (Å²) < 4.78 is 5.22. The van der Waals surface area contributed by atoms with Gasteiger partial charge in [-0.2, -0.15) is 0 Å². The number of ketones is 2. The predicted molar refractivity (Wildman–Crippen MR) is 67.5 cm³/mol. The zero-order valence-corrected chi connectivity index (χ0v) is 11.0. The topological polar surface area (TPSA) is 87.1 Å². The largest absolute Gasteiger partial charge is 0.508 e. The first-order valence-corrected chi connectivity index (χ1v) is 5.99. The molecule has 0 aromatic rings. The van der Waals surface area contributed by atoms with Gasteiger partial charge in [0.25, 0.3) is 0 Å². The lowest BCUT2D eigenvalue weighted by Gasteiger charge is -2.27. The maximum atomic E-state index is 12.1. The van der Waals surface area contributed by atoms with Crippen LogP contribution >= 0.6 is 0 Å². The number of Topliss-reactive ketones (excluding diaryl/α,β-unsaturated/α-hetero) is 1. The number of carbonyl (C=O) groups excluding carboxylic acids is 2. The van der Waals surface area contributed by atoms with E-state index >= 15 is 0 Å². The van der Waals surface area contributed by atoms with E-state index in [1.54, 1.807) is 19.1 Å². The molecule has 0 amide bonds. The summed E-state index contributed by atoms with van der Waals surface area (Å²) >= 11 is 0. The first-order valence-electron chi connectivity index (χ1n) is 5.99. The molecule has 1 heterocycles. The molecule has 0 unspecified atom stereocenters. The van der Waals surface area contributed by atoms with Gasteiger partial charge in [0.15, 0.2) is 17.2 Å². The summed E-state index contributed by atoms with van der Waals surface area (Å²) in [4.78, 5) is 24.0. The normalized spacial score (nSPS) is 38.1. The summed E-state index contributed by atoms with van der Waals surface area (Å²) in [7, 11) is 0. The number of aliphatic hydroxyl groups is 2. The lowest BCUT2D eigenvalue weighted by atomic mass is 9.76. The number of hydrogen-bond acceptors (Lipinski definition) is 5. The van der Waals surface area contributed by atoms with Crippen LogP contribution in [0.3, 0.4) is 0 Å². The highest BCUT2D eigenvalue weighted by molar-refractivity contribution is 6.11. The van der Waals surface area contributed by atoms with Crippen LogP contribution in [0.25, 0.3) is 0 Å². The summed E-state index contributed by atoms with van der Waals surface area (Å²) in [6.45, 7) is 4.46. The molecule has 1 fully saturated rings. The van der Waals surface area contributed by atoms with Crippen molar-refractivity contribution in [2.75, 3.05) is 0 Å². The van der Waals surface area contributed by atoms with E-state index in [-0.39, 0.29) is 5.57 Å². The van der Waals surface area contributed by atoms with E-state index in [1.807, 2.05) is 0 Å². The molecule has 1 saturated heterocycles. The zero-order chi connectivity index (χ0) is 14.4. The van der Waals surface area contributed by atoms with Gasteiger partial charge in [0, 0.05) is 5.57 Å². The van der Waals surface area contributed by atoms with Crippen LogP contribution in [0.15, 0.2) is 35.6 Å². The highest BCUT2D eigenvalue weighted by atomic mass is 16.6.